The van der Waals surface area contributed by atoms with E-state index in [-0.39, 0.29) is 0 Å². The minimum absolute atomic E-state index is 0.378. The standard InChI is InChI=1S/C6H12O2/c1-5-3-7-4-8-6(5)2/h5-6H,3-4H2,1-2H3/t5-,6+/m1/s1. The molecule has 0 amide bonds. The van der Waals surface area contributed by atoms with Crippen molar-refractivity contribution in [3.63, 3.8) is 0 Å². The maximum atomic E-state index is 5.17. The first kappa shape index (κ1) is 6.05. The lowest BCUT2D eigenvalue weighted by atomic mass is 10.1. The van der Waals surface area contributed by atoms with Crippen LogP contribution in [0.3, 0.4) is 0 Å². The summed E-state index contributed by atoms with van der Waals surface area (Å²) in [6, 6.07) is 0. The second-order valence-corrected chi connectivity index (χ2v) is 2.34. The summed E-state index contributed by atoms with van der Waals surface area (Å²) in [6.45, 7) is 5.53. The Bertz CT molecular complexity index is 62.9. The molecule has 2 nitrogen and oxygen atoms in total. The van der Waals surface area contributed by atoms with Crippen molar-refractivity contribution in [2.45, 2.75) is 20.0 Å². The van der Waals surface area contributed by atoms with Crippen LogP contribution in [0.5, 0.6) is 0 Å². The van der Waals surface area contributed by atoms with E-state index in [0.29, 0.717) is 18.8 Å². The third-order valence-electron chi connectivity index (χ3n) is 1.60. The van der Waals surface area contributed by atoms with Crippen LogP contribution in [-0.4, -0.2) is 19.5 Å². The smallest absolute Gasteiger partial charge is 0.147 e. The highest BCUT2D eigenvalue weighted by molar-refractivity contribution is 4.61. The van der Waals surface area contributed by atoms with Crippen LogP contribution in [-0.2, 0) is 9.47 Å². The number of ether oxygens (including phenoxy) is 2. The van der Waals surface area contributed by atoms with E-state index in [4.69, 9.17) is 9.47 Å². The fourth-order valence-electron chi connectivity index (χ4n) is 0.689. The van der Waals surface area contributed by atoms with Gasteiger partial charge in [0.05, 0.1) is 12.7 Å². The van der Waals surface area contributed by atoms with Gasteiger partial charge in [0, 0.05) is 5.92 Å². The van der Waals surface area contributed by atoms with Crippen molar-refractivity contribution in [2.75, 3.05) is 13.4 Å². The molecule has 8 heavy (non-hydrogen) atoms. The van der Waals surface area contributed by atoms with E-state index in [1.165, 1.54) is 0 Å². The average Bonchev–Trinajstić information content (AvgIpc) is 1.77. The molecule has 0 spiro atoms. The summed E-state index contributed by atoms with van der Waals surface area (Å²) < 4.78 is 10.2. The van der Waals surface area contributed by atoms with E-state index >= 15 is 0 Å². The molecule has 1 heterocycles. The molecule has 0 aromatic rings. The van der Waals surface area contributed by atoms with Crippen molar-refractivity contribution in [3.05, 3.63) is 0 Å². The van der Waals surface area contributed by atoms with E-state index in [2.05, 4.69) is 13.8 Å². The summed E-state index contributed by atoms with van der Waals surface area (Å²) >= 11 is 0. The van der Waals surface area contributed by atoms with Gasteiger partial charge in [0.15, 0.2) is 0 Å². The van der Waals surface area contributed by atoms with Crippen LogP contribution in [0.4, 0.5) is 0 Å². The summed E-state index contributed by atoms with van der Waals surface area (Å²) in [7, 11) is 0. The fourth-order valence-corrected chi connectivity index (χ4v) is 0.689. The predicted molar refractivity (Wildman–Crippen MR) is 30.5 cm³/mol. The van der Waals surface area contributed by atoms with Crippen LogP contribution in [0.1, 0.15) is 13.8 Å². The van der Waals surface area contributed by atoms with Gasteiger partial charge in [0.1, 0.15) is 6.79 Å². The Labute approximate surface area is 49.8 Å². The molecule has 0 aromatic carbocycles. The van der Waals surface area contributed by atoms with Crippen molar-refractivity contribution in [3.8, 4) is 0 Å². The molecule has 2 heteroatoms. The summed E-state index contributed by atoms with van der Waals surface area (Å²) in [5, 5.41) is 0. The third-order valence-corrected chi connectivity index (χ3v) is 1.60. The second-order valence-electron chi connectivity index (χ2n) is 2.34. The van der Waals surface area contributed by atoms with Crippen molar-refractivity contribution < 1.29 is 9.47 Å². The van der Waals surface area contributed by atoms with Gasteiger partial charge in [-0.3, -0.25) is 0 Å². The van der Waals surface area contributed by atoms with Crippen LogP contribution in [0.25, 0.3) is 0 Å². The summed E-state index contributed by atoms with van der Waals surface area (Å²) in [5.41, 5.74) is 0. The van der Waals surface area contributed by atoms with Crippen molar-refractivity contribution in [1.82, 2.24) is 0 Å². The van der Waals surface area contributed by atoms with Gasteiger partial charge in [0.25, 0.3) is 0 Å². The minimum atomic E-state index is 0.378. The van der Waals surface area contributed by atoms with Crippen molar-refractivity contribution in [1.29, 1.82) is 0 Å². The van der Waals surface area contributed by atoms with Crippen LogP contribution in [0.2, 0.25) is 0 Å². The summed E-state index contributed by atoms with van der Waals surface area (Å²) in [6.07, 6.45) is 0.378. The Morgan fingerprint density at radius 1 is 1.38 bits per heavy atom. The zero-order chi connectivity index (χ0) is 5.98. The molecule has 0 N–H and O–H groups in total. The molecular weight excluding hydrogens is 104 g/mol. The van der Waals surface area contributed by atoms with Gasteiger partial charge in [-0.15, -0.1) is 0 Å². The molecule has 1 saturated heterocycles. The van der Waals surface area contributed by atoms with Gasteiger partial charge in [-0.25, -0.2) is 0 Å². The Hall–Kier alpha value is -0.0800. The van der Waals surface area contributed by atoms with E-state index in [1.54, 1.807) is 0 Å². The zero-order valence-corrected chi connectivity index (χ0v) is 5.39. The second kappa shape index (κ2) is 2.46. The van der Waals surface area contributed by atoms with Crippen LogP contribution in [0, 0.1) is 5.92 Å². The molecule has 1 aliphatic rings. The number of hydrogen-bond acceptors (Lipinski definition) is 2. The lowest BCUT2D eigenvalue weighted by Gasteiger charge is -2.25. The van der Waals surface area contributed by atoms with Crippen molar-refractivity contribution in [2.24, 2.45) is 5.92 Å². The molecular formula is C6H12O2. The lowest BCUT2D eigenvalue weighted by Crippen LogP contribution is -2.29. The van der Waals surface area contributed by atoms with E-state index in [0.717, 1.165) is 6.61 Å². The molecule has 0 bridgehead atoms. The van der Waals surface area contributed by atoms with Gasteiger partial charge in [0.2, 0.25) is 0 Å². The van der Waals surface area contributed by atoms with E-state index < -0.39 is 0 Å². The average molecular weight is 116 g/mol. The highest BCUT2D eigenvalue weighted by Crippen LogP contribution is 2.11. The maximum absolute atomic E-state index is 5.17. The third kappa shape index (κ3) is 1.20. The Morgan fingerprint density at radius 3 is 2.50 bits per heavy atom. The highest BCUT2D eigenvalue weighted by atomic mass is 16.7. The van der Waals surface area contributed by atoms with Gasteiger partial charge < -0.3 is 9.47 Å². The molecule has 0 unspecified atom stereocenters. The van der Waals surface area contributed by atoms with Crippen LogP contribution < -0.4 is 0 Å². The SMILES string of the molecule is C[C@@H]1COCO[C@H]1C. The van der Waals surface area contributed by atoms with Crippen LogP contribution in [0.15, 0.2) is 0 Å². The molecule has 0 radical (unpaired) electrons. The van der Waals surface area contributed by atoms with Crippen LogP contribution >= 0.6 is 0 Å². The van der Waals surface area contributed by atoms with E-state index in [9.17, 15) is 0 Å². The van der Waals surface area contributed by atoms with Gasteiger partial charge in [-0.05, 0) is 6.92 Å². The number of hydrogen-bond donors (Lipinski definition) is 0. The summed E-state index contributed by atoms with van der Waals surface area (Å²) in [4.78, 5) is 0. The Morgan fingerprint density at radius 2 is 2.12 bits per heavy atom. The summed E-state index contributed by atoms with van der Waals surface area (Å²) in [5.74, 6) is 0.559. The van der Waals surface area contributed by atoms with Gasteiger partial charge >= 0.3 is 0 Å². The molecule has 0 saturated carbocycles. The number of rotatable bonds is 0. The molecule has 1 aliphatic heterocycles. The largest absolute Gasteiger partial charge is 0.355 e. The molecule has 48 valence electrons. The van der Waals surface area contributed by atoms with Gasteiger partial charge in [-0.1, -0.05) is 6.92 Å². The zero-order valence-electron chi connectivity index (χ0n) is 5.39. The maximum Gasteiger partial charge on any atom is 0.147 e. The van der Waals surface area contributed by atoms with Gasteiger partial charge in [-0.2, -0.15) is 0 Å². The topological polar surface area (TPSA) is 18.5 Å². The molecule has 2 atom stereocenters. The first-order valence-corrected chi connectivity index (χ1v) is 3.00. The Balaban J connectivity index is 2.28. The highest BCUT2D eigenvalue weighted by Gasteiger charge is 2.16. The predicted octanol–water partition coefficient (Wildman–Crippen LogP) is 1.02. The monoisotopic (exact) mass is 116 g/mol. The normalized spacial score (nSPS) is 39.8. The first-order chi connectivity index (χ1) is 3.80. The molecule has 1 rings (SSSR count). The molecule has 1 fully saturated rings. The fraction of sp³-hybridized carbons (Fsp3) is 1.00. The van der Waals surface area contributed by atoms with Crippen molar-refractivity contribution >= 4 is 0 Å². The first-order valence-electron chi connectivity index (χ1n) is 3.00. The quantitative estimate of drug-likeness (QED) is 0.470. The lowest BCUT2D eigenvalue weighted by molar-refractivity contribution is -0.159. The Kier molecular flexibility index (Phi) is 1.86. The molecule has 0 aromatic heterocycles. The minimum Gasteiger partial charge on any atom is -0.355 e. The molecule has 0 aliphatic carbocycles. The van der Waals surface area contributed by atoms with E-state index in [1.807, 2.05) is 0 Å².